The Labute approximate surface area is 133 Å². The van der Waals surface area contributed by atoms with Crippen LogP contribution in [0.3, 0.4) is 0 Å². The van der Waals surface area contributed by atoms with E-state index in [9.17, 15) is 0 Å². The number of anilines is 3. The zero-order chi connectivity index (χ0) is 16.2. The molecule has 0 radical (unpaired) electrons. The van der Waals surface area contributed by atoms with Crippen molar-refractivity contribution in [2.24, 2.45) is 0 Å². The highest BCUT2D eigenvalue weighted by Crippen LogP contribution is 2.24. The van der Waals surface area contributed by atoms with Crippen molar-refractivity contribution in [2.75, 3.05) is 17.2 Å². The molecule has 0 unspecified atom stereocenters. The van der Waals surface area contributed by atoms with Gasteiger partial charge in [-0.3, -0.25) is 0 Å². The van der Waals surface area contributed by atoms with Gasteiger partial charge in [-0.15, -0.1) is 0 Å². The minimum Gasteiger partial charge on any atom is -0.370 e. The number of rotatable bonds is 5. The van der Waals surface area contributed by atoms with Gasteiger partial charge in [-0.05, 0) is 36.5 Å². The van der Waals surface area contributed by atoms with Gasteiger partial charge in [-0.1, -0.05) is 39.8 Å². The van der Waals surface area contributed by atoms with Crippen LogP contribution in [-0.2, 0) is 5.41 Å². The molecule has 0 aliphatic rings. The third kappa shape index (κ3) is 4.45. The van der Waals surface area contributed by atoms with Gasteiger partial charge in [0.25, 0.3) is 0 Å². The molecule has 2 rings (SSSR count). The van der Waals surface area contributed by atoms with Crippen LogP contribution >= 0.6 is 0 Å². The number of nitrogens with zero attached hydrogens (tertiary/aromatic N) is 2. The van der Waals surface area contributed by atoms with Crippen molar-refractivity contribution in [1.82, 2.24) is 9.97 Å². The van der Waals surface area contributed by atoms with Crippen LogP contribution in [-0.4, -0.2) is 16.5 Å². The van der Waals surface area contributed by atoms with E-state index in [0.29, 0.717) is 5.95 Å². The van der Waals surface area contributed by atoms with Crippen LogP contribution in [0.4, 0.5) is 17.5 Å². The van der Waals surface area contributed by atoms with E-state index in [1.54, 1.807) is 0 Å². The molecule has 22 heavy (non-hydrogen) atoms. The molecular formula is C18H26N4. The summed E-state index contributed by atoms with van der Waals surface area (Å²) in [6.07, 6.45) is 1.07. The van der Waals surface area contributed by atoms with Crippen LogP contribution < -0.4 is 10.6 Å². The zero-order valence-electron chi connectivity index (χ0n) is 14.2. The fraction of sp³-hybridized carbons (Fsp3) is 0.444. The van der Waals surface area contributed by atoms with Crippen LogP contribution in [0.15, 0.2) is 30.3 Å². The lowest BCUT2D eigenvalue weighted by atomic mass is 9.87. The van der Waals surface area contributed by atoms with E-state index in [-0.39, 0.29) is 5.41 Å². The van der Waals surface area contributed by atoms with Gasteiger partial charge in [0.2, 0.25) is 5.95 Å². The Kier molecular flexibility index (Phi) is 5.01. The van der Waals surface area contributed by atoms with E-state index in [0.717, 1.165) is 30.2 Å². The predicted octanol–water partition coefficient (Wildman–Crippen LogP) is 4.65. The molecule has 0 spiro atoms. The van der Waals surface area contributed by atoms with Gasteiger partial charge in [-0.25, -0.2) is 4.98 Å². The Morgan fingerprint density at radius 3 is 2.32 bits per heavy atom. The van der Waals surface area contributed by atoms with Crippen molar-refractivity contribution in [3.8, 4) is 0 Å². The third-order valence-electron chi connectivity index (χ3n) is 3.42. The highest BCUT2D eigenvalue weighted by atomic mass is 15.1. The van der Waals surface area contributed by atoms with Crippen molar-refractivity contribution in [3.63, 3.8) is 0 Å². The van der Waals surface area contributed by atoms with Crippen LogP contribution in [0.25, 0.3) is 0 Å². The molecule has 1 aromatic heterocycles. The summed E-state index contributed by atoms with van der Waals surface area (Å²) in [4.78, 5) is 8.95. The van der Waals surface area contributed by atoms with Crippen molar-refractivity contribution >= 4 is 17.5 Å². The smallest absolute Gasteiger partial charge is 0.229 e. The number of hydrogen-bond acceptors (Lipinski definition) is 4. The summed E-state index contributed by atoms with van der Waals surface area (Å²) < 4.78 is 0. The number of benzene rings is 1. The maximum atomic E-state index is 4.50. The van der Waals surface area contributed by atoms with E-state index in [1.165, 1.54) is 5.56 Å². The first-order chi connectivity index (χ1) is 10.4. The normalized spacial score (nSPS) is 11.3. The van der Waals surface area contributed by atoms with Gasteiger partial charge in [-0.2, -0.15) is 4.98 Å². The van der Waals surface area contributed by atoms with Crippen molar-refractivity contribution in [3.05, 3.63) is 41.6 Å². The Balaban J connectivity index is 2.14. The van der Waals surface area contributed by atoms with E-state index >= 15 is 0 Å². The molecular weight excluding hydrogens is 272 g/mol. The fourth-order valence-electron chi connectivity index (χ4n) is 2.15. The van der Waals surface area contributed by atoms with E-state index < -0.39 is 0 Å². The maximum absolute atomic E-state index is 4.50. The summed E-state index contributed by atoms with van der Waals surface area (Å²) >= 11 is 0. The van der Waals surface area contributed by atoms with Gasteiger partial charge in [0.05, 0.1) is 0 Å². The molecule has 0 atom stereocenters. The molecule has 4 heteroatoms. The molecule has 118 valence electrons. The van der Waals surface area contributed by atoms with Crippen molar-refractivity contribution < 1.29 is 0 Å². The Hall–Kier alpha value is -2.10. The Morgan fingerprint density at radius 2 is 1.73 bits per heavy atom. The van der Waals surface area contributed by atoms with Gasteiger partial charge < -0.3 is 10.6 Å². The van der Waals surface area contributed by atoms with E-state index in [2.05, 4.69) is 72.6 Å². The summed E-state index contributed by atoms with van der Waals surface area (Å²) in [7, 11) is 0. The molecule has 1 aromatic carbocycles. The van der Waals surface area contributed by atoms with E-state index in [1.807, 2.05) is 13.0 Å². The molecule has 2 aromatic rings. The van der Waals surface area contributed by atoms with Crippen molar-refractivity contribution in [1.29, 1.82) is 0 Å². The SMILES string of the molecule is CCCNc1cc(C)nc(Nc2ccc(C(C)(C)C)cc2)n1. The third-order valence-corrected chi connectivity index (χ3v) is 3.42. The molecule has 0 saturated heterocycles. The first kappa shape index (κ1) is 16.3. The Morgan fingerprint density at radius 1 is 1.05 bits per heavy atom. The highest BCUT2D eigenvalue weighted by Gasteiger charge is 2.13. The monoisotopic (exact) mass is 298 g/mol. The molecule has 0 fully saturated rings. The standard InChI is InChI=1S/C18H26N4/c1-6-11-19-16-12-13(2)20-17(22-16)21-15-9-7-14(8-10-15)18(3,4)5/h7-10,12H,6,11H2,1-5H3,(H2,19,20,21,22). The fourth-order valence-corrected chi connectivity index (χ4v) is 2.15. The summed E-state index contributed by atoms with van der Waals surface area (Å²) in [5.41, 5.74) is 3.42. The first-order valence-electron chi connectivity index (χ1n) is 7.85. The molecule has 0 aliphatic heterocycles. The number of aryl methyl sites for hydroxylation is 1. The second-order valence-corrected chi connectivity index (χ2v) is 6.60. The topological polar surface area (TPSA) is 49.8 Å². The van der Waals surface area contributed by atoms with Crippen molar-refractivity contribution in [2.45, 2.75) is 46.5 Å². The zero-order valence-corrected chi connectivity index (χ0v) is 14.2. The summed E-state index contributed by atoms with van der Waals surface area (Å²) in [5.74, 6) is 1.49. The minimum atomic E-state index is 0.162. The molecule has 1 heterocycles. The highest BCUT2D eigenvalue weighted by molar-refractivity contribution is 5.56. The lowest BCUT2D eigenvalue weighted by molar-refractivity contribution is 0.590. The molecule has 0 amide bonds. The van der Waals surface area contributed by atoms with Crippen LogP contribution in [0, 0.1) is 6.92 Å². The second-order valence-electron chi connectivity index (χ2n) is 6.60. The lowest BCUT2D eigenvalue weighted by Gasteiger charge is -2.19. The second kappa shape index (κ2) is 6.77. The number of hydrogen-bond donors (Lipinski definition) is 2. The predicted molar refractivity (Wildman–Crippen MR) is 94.0 cm³/mol. The quantitative estimate of drug-likeness (QED) is 0.843. The van der Waals surface area contributed by atoms with E-state index in [4.69, 9.17) is 0 Å². The summed E-state index contributed by atoms with van der Waals surface area (Å²) in [5, 5.41) is 6.58. The molecule has 0 bridgehead atoms. The molecule has 4 nitrogen and oxygen atoms in total. The van der Waals surface area contributed by atoms with Gasteiger partial charge in [0.15, 0.2) is 0 Å². The molecule has 2 N–H and O–H groups in total. The largest absolute Gasteiger partial charge is 0.370 e. The average Bonchev–Trinajstić information content (AvgIpc) is 2.44. The van der Waals surface area contributed by atoms with Gasteiger partial charge in [0, 0.05) is 24.0 Å². The average molecular weight is 298 g/mol. The number of nitrogens with one attached hydrogen (secondary N) is 2. The number of aromatic nitrogens is 2. The Bertz CT molecular complexity index is 612. The van der Waals surface area contributed by atoms with Gasteiger partial charge >= 0.3 is 0 Å². The molecule has 0 aliphatic carbocycles. The summed E-state index contributed by atoms with van der Waals surface area (Å²) in [6.45, 7) is 11.7. The summed E-state index contributed by atoms with van der Waals surface area (Å²) in [6, 6.07) is 10.4. The van der Waals surface area contributed by atoms with Crippen LogP contribution in [0.2, 0.25) is 0 Å². The lowest BCUT2D eigenvalue weighted by Crippen LogP contribution is -2.10. The first-order valence-corrected chi connectivity index (χ1v) is 7.85. The molecule has 0 saturated carbocycles. The maximum Gasteiger partial charge on any atom is 0.229 e. The van der Waals surface area contributed by atoms with Crippen LogP contribution in [0.5, 0.6) is 0 Å². The minimum absolute atomic E-state index is 0.162. The van der Waals surface area contributed by atoms with Gasteiger partial charge in [0.1, 0.15) is 5.82 Å². The van der Waals surface area contributed by atoms with Crippen LogP contribution in [0.1, 0.15) is 45.4 Å².